The molecule has 3 N–H and O–H groups in total. The number of carbonyl (C=O) groups excluding carboxylic acids is 1. The highest BCUT2D eigenvalue weighted by molar-refractivity contribution is 7.99. The van der Waals surface area contributed by atoms with E-state index in [1.165, 1.54) is 57.8 Å². The van der Waals surface area contributed by atoms with Crippen molar-refractivity contribution >= 4 is 17.9 Å². The summed E-state index contributed by atoms with van der Waals surface area (Å²) in [4.78, 5) is 12.0. The van der Waals surface area contributed by atoms with Crippen LogP contribution in [0.25, 0.3) is 0 Å². The van der Waals surface area contributed by atoms with E-state index in [1.807, 2.05) is 20.8 Å². The molecule has 0 aromatic carbocycles. The van der Waals surface area contributed by atoms with Crippen molar-refractivity contribution in [2.24, 2.45) is 17.6 Å². The summed E-state index contributed by atoms with van der Waals surface area (Å²) in [6.07, 6.45) is 17.5. The molecule has 1 heterocycles. The lowest BCUT2D eigenvalue weighted by molar-refractivity contribution is -0.120. The highest BCUT2D eigenvalue weighted by atomic mass is 32.2. The standard InChI is InChI=1S/C16H25NOS.C6H13NO/c18-15-14-12-13(14)8-6-4-2-1-3-5-7-9-16(10-11-16)19-17-15;1-5(7)8-6(2,3)4/h6,8,13-14H,1-5,7,9-12H2,(H,17,18);1,7H2,2-4H3/b8-6+;. The van der Waals surface area contributed by atoms with Gasteiger partial charge in [0.1, 0.15) is 5.60 Å². The molecule has 0 saturated heterocycles. The summed E-state index contributed by atoms with van der Waals surface area (Å²) in [5, 5.41) is 0. The molecule has 1 aliphatic heterocycles. The molecule has 27 heavy (non-hydrogen) atoms. The van der Waals surface area contributed by atoms with Crippen LogP contribution >= 0.6 is 11.9 Å². The van der Waals surface area contributed by atoms with Crippen LogP contribution in [0.1, 0.15) is 85.0 Å². The maximum atomic E-state index is 12.0. The second-order valence-corrected chi connectivity index (χ2v) is 10.4. The Kier molecular flexibility index (Phi) is 8.14. The predicted octanol–water partition coefficient (Wildman–Crippen LogP) is 5.45. The molecule has 0 aromatic rings. The summed E-state index contributed by atoms with van der Waals surface area (Å²) >= 11 is 1.74. The van der Waals surface area contributed by atoms with Crippen molar-refractivity contribution in [2.45, 2.75) is 95.3 Å². The number of amides is 1. The van der Waals surface area contributed by atoms with E-state index in [2.05, 4.69) is 23.5 Å². The van der Waals surface area contributed by atoms with Crippen molar-refractivity contribution in [1.29, 1.82) is 0 Å². The predicted molar refractivity (Wildman–Crippen MR) is 115 cm³/mol. The Labute approximate surface area is 169 Å². The molecule has 3 rings (SSSR count). The molecule has 1 spiro atoms. The van der Waals surface area contributed by atoms with Crippen LogP contribution in [-0.4, -0.2) is 16.3 Å². The molecule has 0 radical (unpaired) electrons. The quantitative estimate of drug-likeness (QED) is 0.352. The number of nitrogens with two attached hydrogens (primary N) is 1. The Morgan fingerprint density at radius 1 is 1.22 bits per heavy atom. The third kappa shape index (κ3) is 9.09. The zero-order valence-corrected chi connectivity index (χ0v) is 18.2. The van der Waals surface area contributed by atoms with Crippen LogP contribution in [0.3, 0.4) is 0 Å². The lowest BCUT2D eigenvalue weighted by atomic mass is 10.1. The summed E-state index contributed by atoms with van der Waals surface area (Å²) in [6, 6.07) is 0. The van der Waals surface area contributed by atoms with Crippen LogP contribution in [-0.2, 0) is 9.53 Å². The van der Waals surface area contributed by atoms with Gasteiger partial charge in [0.15, 0.2) is 5.88 Å². The van der Waals surface area contributed by atoms with Gasteiger partial charge >= 0.3 is 0 Å². The van der Waals surface area contributed by atoms with E-state index in [9.17, 15) is 4.79 Å². The monoisotopic (exact) mass is 394 g/mol. The minimum Gasteiger partial charge on any atom is -0.474 e. The molecule has 154 valence electrons. The van der Waals surface area contributed by atoms with Gasteiger partial charge in [0.2, 0.25) is 5.91 Å². The lowest BCUT2D eigenvalue weighted by Crippen LogP contribution is -2.23. The van der Waals surface area contributed by atoms with Gasteiger partial charge in [0.25, 0.3) is 0 Å². The number of nitrogens with one attached hydrogen (secondary N) is 1. The first-order valence-corrected chi connectivity index (χ1v) is 11.3. The number of fused-ring (bicyclic) bond motifs is 1. The van der Waals surface area contributed by atoms with Crippen molar-refractivity contribution in [1.82, 2.24) is 4.72 Å². The number of allylic oxidation sites excluding steroid dienone is 2. The van der Waals surface area contributed by atoms with Crippen molar-refractivity contribution in [3.05, 3.63) is 24.6 Å². The van der Waals surface area contributed by atoms with Gasteiger partial charge in [0.05, 0.1) is 0 Å². The van der Waals surface area contributed by atoms with Crippen LogP contribution in [0, 0.1) is 11.8 Å². The smallest absolute Gasteiger partial charge is 0.233 e. The molecule has 2 unspecified atom stereocenters. The van der Waals surface area contributed by atoms with Crippen LogP contribution in [0.5, 0.6) is 0 Å². The second-order valence-electron chi connectivity index (χ2n) is 9.17. The van der Waals surface area contributed by atoms with E-state index >= 15 is 0 Å². The summed E-state index contributed by atoms with van der Waals surface area (Å²) in [5.41, 5.74) is 4.96. The Hall–Kier alpha value is -1.10. The van der Waals surface area contributed by atoms with Gasteiger partial charge < -0.3 is 10.5 Å². The average molecular weight is 395 g/mol. The minimum absolute atomic E-state index is 0.203. The molecule has 0 aromatic heterocycles. The van der Waals surface area contributed by atoms with E-state index in [1.54, 1.807) is 11.9 Å². The van der Waals surface area contributed by atoms with Crippen LogP contribution in [0.4, 0.5) is 0 Å². The first-order chi connectivity index (χ1) is 12.7. The molecule has 2 saturated carbocycles. The Morgan fingerprint density at radius 3 is 2.48 bits per heavy atom. The first-order valence-electron chi connectivity index (χ1n) is 10.5. The van der Waals surface area contributed by atoms with E-state index in [-0.39, 0.29) is 23.3 Å². The highest BCUT2D eigenvalue weighted by Crippen LogP contribution is 2.51. The number of carbonyl (C=O) groups is 1. The fourth-order valence-electron chi connectivity index (χ4n) is 3.41. The van der Waals surface area contributed by atoms with Crippen molar-refractivity contribution in [3.63, 3.8) is 0 Å². The topological polar surface area (TPSA) is 64.3 Å². The molecular weight excluding hydrogens is 356 g/mol. The van der Waals surface area contributed by atoms with Gasteiger partial charge in [-0.15, -0.1) is 0 Å². The SMILES string of the molecule is C=C(N)OC(C)(C)C.O=C1NSC2(CCCCCCC/C=C/C3CC13)CC2. The fourth-order valence-corrected chi connectivity index (χ4v) is 4.43. The average Bonchev–Trinajstić information content (AvgIpc) is 3.45. The largest absolute Gasteiger partial charge is 0.474 e. The first kappa shape index (κ1) is 22.2. The van der Waals surface area contributed by atoms with Crippen LogP contribution in [0.2, 0.25) is 0 Å². The van der Waals surface area contributed by atoms with Gasteiger partial charge in [0, 0.05) is 10.7 Å². The maximum Gasteiger partial charge on any atom is 0.233 e. The zero-order chi connectivity index (χ0) is 19.9. The number of hydrogen-bond donors (Lipinski definition) is 2. The molecule has 2 atom stereocenters. The number of hydrogen-bond acceptors (Lipinski definition) is 4. The Bertz CT molecular complexity index is 535. The van der Waals surface area contributed by atoms with E-state index < -0.39 is 0 Å². The van der Waals surface area contributed by atoms with Gasteiger partial charge in [-0.25, -0.2) is 0 Å². The minimum atomic E-state index is -0.203. The van der Waals surface area contributed by atoms with Crippen molar-refractivity contribution < 1.29 is 9.53 Å². The third-order valence-electron chi connectivity index (χ3n) is 5.18. The molecule has 2 fully saturated rings. The number of rotatable bonds is 1. The normalized spacial score (nSPS) is 28.9. The molecule has 1 amide bonds. The molecule has 3 aliphatic rings. The lowest BCUT2D eigenvalue weighted by Gasteiger charge is -2.19. The summed E-state index contributed by atoms with van der Waals surface area (Å²) in [5.74, 6) is 1.35. The summed E-state index contributed by atoms with van der Waals surface area (Å²) < 4.78 is 8.57. The maximum absolute atomic E-state index is 12.0. The van der Waals surface area contributed by atoms with Gasteiger partial charge in [-0.1, -0.05) is 37.8 Å². The van der Waals surface area contributed by atoms with Crippen molar-refractivity contribution in [2.75, 3.05) is 0 Å². The van der Waals surface area contributed by atoms with Crippen LogP contribution in [0.15, 0.2) is 24.6 Å². The van der Waals surface area contributed by atoms with E-state index in [4.69, 9.17) is 10.5 Å². The fraction of sp³-hybridized carbons (Fsp3) is 0.773. The van der Waals surface area contributed by atoms with Gasteiger partial charge in [-0.2, -0.15) is 0 Å². The van der Waals surface area contributed by atoms with Gasteiger partial charge in [-0.3, -0.25) is 9.52 Å². The second kappa shape index (κ2) is 9.90. The van der Waals surface area contributed by atoms with Crippen molar-refractivity contribution in [3.8, 4) is 0 Å². The van der Waals surface area contributed by atoms with E-state index in [0.29, 0.717) is 10.7 Å². The molecule has 2 aliphatic carbocycles. The number of ether oxygens (including phenoxy) is 1. The third-order valence-corrected chi connectivity index (χ3v) is 6.52. The highest BCUT2D eigenvalue weighted by Gasteiger charge is 2.46. The molecule has 4 nitrogen and oxygen atoms in total. The zero-order valence-electron chi connectivity index (χ0n) is 17.4. The van der Waals surface area contributed by atoms with Gasteiger partial charge in [-0.05, 0) is 83.7 Å². The summed E-state index contributed by atoms with van der Waals surface area (Å²) in [7, 11) is 0. The summed E-state index contributed by atoms with van der Waals surface area (Å²) in [6.45, 7) is 9.16. The molecule has 5 heteroatoms. The Morgan fingerprint density at radius 2 is 1.89 bits per heavy atom. The van der Waals surface area contributed by atoms with Crippen LogP contribution < -0.4 is 10.5 Å². The molecular formula is C22H38N2O2S. The van der Waals surface area contributed by atoms with E-state index in [0.717, 1.165) is 6.42 Å². The molecule has 0 bridgehead atoms. The Balaban J connectivity index is 0.000000279.